The zero-order valence-electron chi connectivity index (χ0n) is 9.19. The van der Waals surface area contributed by atoms with Crippen molar-refractivity contribution < 1.29 is 18.9 Å². The second-order valence-electron chi connectivity index (χ2n) is 3.46. The molecular formula is C9H20O4Si. The minimum atomic E-state index is -0.498. The molecule has 0 aromatic rings. The first-order valence-corrected chi connectivity index (χ1v) is 6.72. The number of hydrogen-bond acceptors (Lipinski definition) is 4. The van der Waals surface area contributed by atoms with Crippen LogP contribution in [0.5, 0.6) is 0 Å². The van der Waals surface area contributed by atoms with E-state index in [1.165, 1.54) is 0 Å². The summed E-state index contributed by atoms with van der Waals surface area (Å²) in [4.78, 5) is 0. The van der Waals surface area contributed by atoms with Crippen LogP contribution in [0, 0.1) is 0 Å². The highest BCUT2D eigenvalue weighted by molar-refractivity contribution is 6.38. The van der Waals surface area contributed by atoms with Crippen LogP contribution in [0.1, 0.15) is 13.3 Å². The molecule has 1 aliphatic heterocycles. The molecule has 0 bridgehead atoms. The van der Waals surface area contributed by atoms with E-state index in [4.69, 9.17) is 18.9 Å². The Labute approximate surface area is 87.7 Å². The minimum Gasteiger partial charge on any atom is -0.379 e. The average molecular weight is 220 g/mol. The second-order valence-corrected chi connectivity index (χ2v) is 5.50. The zero-order valence-corrected chi connectivity index (χ0v) is 10.6. The maximum atomic E-state index is 5.73. The van der Waals surface area contributed by atoms with Crippen molar-refractivity contribution in [3.05, 3.63) is 0 Å². The molecule has 0 aliphatic carbocycles. The summed E-state index contributed by atoms with van der Waals surface area (Å²) in [5.41, 5.74) is 0.337. The highest BCUT2D eigenvalue weighted by atomic mass is 28.2. The van der Waals surface area contributed by atoms with E-state index in [-0.39, 0.29) is 5.91 Å². The zero-order chi connectivity index (χ0) is 10.4. The predicted molar refractivity (Wildman–Crippen MR) is 56.1 cm³/mol. The summed E-state index contributed by atoms with van der Waals surface area (Å²) in [5, 5.41) is 0. The van der Waals surface area contributed by atoms with E-state index in [1.807, 2.05) is 0 Å². The maximum absolute atomic E-state index is 5.73. The second kappa shape index (κ2) is 6.52. The lowest BCUT2D eigenvalue weighted by molar-refractivity contribution is -0.0498. The van der Waals surface area contributed by atoms with Crippen LogP contribution in [0.25, 0.3) is 0 Å². The van der Waals surface area contributed by atoms with E-state index in [9.17, 15) is 0 Å². The van der Waals surface area contributed by atoms with Crippen LogP contribution >= 0.6 is 0 Å². The van der Waals surface area contributed by atoms with Crippen LogP contribution in [0.4, 0.5) is 0 Å². The topological polar surface area (TPSA) is 40.2 Å². The first kappa shape index (κ1) is 12.1. The number of epoxide rings is 1. The minimum absolute atomic E-state index is 0.0277. The monoisotopic (exact) mass is 220 g/mol. The fraction of sp³-hybridized carbons (Fsp3) is 1.00. The Morgan fingerprint density at radius 3 is 2.50 bits per heavy atom. The van der Waals surface area contributed by atoms with E-state index in [0.717, 1.165) is 19.6 Å². The lowest BCUT2D eigenvalue weighted by Crippen LogP contribution is -2.34. The normalized spacial score (nSPS) is 23.6. The predicted octanol–water partition coefficient (Wildman–Crippen LogP) is -0.117. The number of hydrogen-bond donors (Lipinski definition) is 0. The molecule has 0 radical (unpaired) electrons. The van der Waals surface area contributed by atoms with Crippen LogP contribution in [0.15, 0.2) is 0 Å². The van der Waals surface area contributed by atoms with E-state index in [0.29, 0.717) is 11.8 Å². The SMILES string of the molecule is CCC(OCC1CO1)[SiH2]C(OC)OC. The van der Waals surface area contributed by atoms with E-state index < -0.39 is 9.52 Å². The Kier molecular flexibility index (Phi) is 5.65. The van der Waals surface area contributed by atoms with Gasteiger partial charge in [0.25, 0.3) is 0 Å². The number of rotatable bonds is 8. The first-order chi connectivity index (χ1) is 6.80. The van der Waals surface area contributed by atoms with Crippen LogP contribution in [-0.2, 0) is 18.9 Å². The van der Waals surface area contributed by atoms with Gasteiger partial charge in [-0.3, -0.25) is 0 Å². The first-order valence-electron chi connectivity index (χ1n) is 5.09. The average Bonchev–Trinajstić information content (AvgIpc) is 3.02. The van der Waals surface area contributed by atoms with Crippen molar-refractivity contribution in [3.63, 3.8) is 0 Å². The molecule has 1 heterocycles. The summed E-state index contributed by atoms with van der Waals surface area (Å²) in [6, 6.07) is 0. The van der Waals surface area contributed by atoms with Gasteiger partial charge in [-0.25, -0.2) is 0 Å². The van der Waals surface area contributed by atoms with Gasteiger partial charge in [0, 0.05) is 19.9 Å². The largest absolute Gasteiger partial charge is 0.379 e. The van der Waals surface area contributed by atoms with Gasteiger partial charge in [0.1, 0.15) is 21.5 Å². The summed E-state index contributed by atoms with van der Waals surface area (Å²) in [5.74, 6) is -0.0277. The third-order valence-electron chi connectivity index (χ3n) is 2.36. The van der Waals surface area contributed by atoms with Crippen LogP contribution in [0.3, 0.4) is 0 Å². The highest BCUT2D eigenvalue weighted by Crippen LogP contribution is 2.11. The maximum Gasteiger partial charge on any atom is 0.137 e. The van der Waals surface area contributed by atoms with Crippen molar-refractivity contribution in [1.82, 2.24) is 0 Å². The molecule has 84 valence electrons. The fourth-order valence-corrected chi connectivity index (χ4v) is 2.68. The quantitative estimate of drug-likeness (QED) is 0.325. The smallest absolute Gasteiger partial charge is 0.137 e. The van der Waals surface area contributed by atoms with Gasteiger partial charge >= 0.3 is 0 Å². The molecule has 1 aliphatic rings. The highest BCUT2D eigenvalue weighted by Gasteiger charge is 2.25. The van der Waals surface area contributed by atoms with Crippen LogP contribution in [0.2, 0.25) is 0 Å². The molecule has 1 rings (SSSR count). The van der Waals surface area contributed by atoms with E-state index in [1.54, 1.807) is 14.2 Å². The van der Waals surface area contributed by atoms with Gasteiger partial charge in [-0.2, -0.15) is 0 Å². The molecule has 5 heteroatoms. The van der Waals surface area contributed by atoms with E-state index in [2.05, 4.69) is 6.92 Å². The van der Waals surface area contributed by atoms with E-state index >= 15 is 0 Å². The van der Waals surface area contributed by atoms with Crippen molar-refractivity contribution >= 4 is 9.52 Å². The lowest BCUT2D eigenvalue weighted by atomic mass is 10.5. The third-order valence-corrected chi connectivity index (χ3v) is 4.75. The van der Waals surface area contributed by atoms with Gasteiger partial charge in [-0.1, -0.05) is 6.92 Å². The van der Waals surface area contributed by atoms with Crippen molar-refractivity contribution in [1.29, 1.82) is 0 Å². The molecule has 4 nitrogen and oxygen atoms in total. The summed E-state index contributed by atoms with van der Waals surface area (Å²) in [7, 11) is 2.86. The summed E-state index contributed by atoms with van der Waals surface area (Å²) >= 11 is 0. The molecule has 1 saturated heterocycles. The van der Waals surface area contributed by atoms with Crippen molar-refractivity contribution in [3.8, 4) is 0 Å². The molecule has 0 saturated carbocycles. The lowest BCUT2D eigenvalue weighted by Gasteiger charge is -2.20. The molecule has 2 atom stereocenters. The summed E-state index contributed by atoms with van der Waals surface area (Å²) in [6.45, 7) is 3.72. The number of ether oxygens (including phenoxy) is 4. The molecule has 0 N–H and O–H groups in total. The van der Waals surface area contributed by atoms with Crippen molar-refractivity contribution in [2.24, 2.45) is 0 Å². The van der Waals surface area contributed by atoms with Gasteiger partial charge in [0.2, 0.25) is 0 Å². The molecule has 1 fully saturated rings. The van der Waals surface area contributed by atoms with Gasteiger partial charge in [-0.05, 0) is 6.42 Å². The van der Waals surface area contributed by atoms with Crippen molar-refractivity contribution in [2.75, 3.05) is 27.4 Å². The third kappa shape index (κ3) is 4.52. The van der Waals surface area contributed by atoms with Crippen LogP contribution < -0.4 is 0 Å². The molecule has 14 heavy (non-hydrogen) atoms. The van der Waals surface area contributed by atoms with Gasteiger partial charge in [-0.15, -0.1) is 0 Å². The molecule has 2 unspecified atom stereocenters. The standard InChI is InChI=1S/C9H20O4Si/c1-4-8(13-6-7-5-12-7)14-9(10-2)11-3/h7-9H,4-6,14H2,1-3H3. The summed E-state index contributed by atoms with van der Waals surface area (Å²) < 4.78 is 21.2. The Bertz CT molecular complexity index is 148. The Hall–Kier alpha value is 0.0569. The Morgan fingerprint density at radius 1 is 1.43 bits per heavy atom. The fourth-order valence-electron chi connectivity index (χ4n) is 1.26. The molecule has 0 amide bonds. The van der Waals surface area contributed by atoms with Gasteiger partial charge < -0.3 is 18.9 Å². The number of methoxy groups -OCH3 is 2. The molecule has 0 aromatic heterocycles. The molecule has 0 aromatic carbocycles. The summed E-state index contributed by atoms with van der Waals surface area (Å²) in [6.07, 6.45) is 1.38. The Morgan fingerprint density at radius 2 is 2.07 bits per heavy atom. The Balaban J connectivity index is 2.14. The van der Waals surface area contributed by atoms with Crippen molar-refractivity contribution in [2.45, 2.75) is 31.1 Å². The van der Waals surface area contributed by atoms with Gasteiger partial charge in [0.05, 0.1) is 13.2 Å². The van der Waals surface area contributed by atoms with Crippen LogP contribution in [-0.4, -0.2) is 54.7 Å². The molecular weight excluding hydrogens is 200 g/mol. The van der Waals surface area contributed by atoms with Gasteiger partial charge in [0.15, 0.2) is 0 Å². The molecule has 0 spiro atoms.